The van der Waals surface area contributed by atoms with Gasteiger partial charge in [-0.15, -0.1) is 4.47 Å². The zero-order valence-corrected chi connectivity index (χ0v) is 10.9. The lowest BCUT2D eigenvalue weighted by atomic mass is 10.2. The molecular formula is C12H12N2O4S. The Kier molecular flexibility index (Phi) is 3.41. The van der Waals surface area contributed by atoms with Crippen LogP contribution in [0.1, 0.15) is 5.56 Å². The van der Waals surface area contributed by atoms with E-state index in [1.165, 1.54) is 24.3 Å². The van der Waals surface area contributed by atoms with Crippen LogP contribution < -0.4 is 9.20 Å². The van der Waals surface area contributed by atoms with Gasteiger partial charge < -0.3 is 5.21 Å². The normalized spacial score (nSPS) is 11.3. The number of hydrogen-bond donors (Lipinski definition) is 1. The van der Waals surface area contributed by atoms with Crippen LogP contribution in [0.4, 0.5) is 5.69 Å². The Morgan fingerprint density at radius 2 is 1.63 bits per heavy atom. The summed E-state index contributed by atoms with van der Waals surface area (Å²) in [5, 5.41) is 20.7. The summed E-state index contributed by atoms with van der Waals surface area (Å²) in [6, 6.07) is 8.50. The number of anilines is 1. The van der Waals surface area contributed by atoms with E-state index >= 15 is 0 Å². The van der Waals surface area contributed by atoms with Crippen molar-refractivity contribution in [1.29, 1.82) is 0 Å². The van der Waals surface area contributed by atoms with Crippen molar-refractivity contribution in [2.45, 2.75) is 11.8 Å². The average molecular weight is 280 g/mol. The van der Waals surface area contributed by atoms with Crippen molar-refractivity contribution in [1.82, 2.24) is 0 Å². The number of rotatable bonds is 3. The first kappa shape index (κ1) is 13.3. The van der Waals surface area contributed by atoms with Crippen LogP contribution in [0.2, 0.25) is 0 Å². The van der Waals surface area contributed by atoms with Crippen molar-refractivity contribution < 1.29 is 18.4 Å². The lowest BCUT2D eigenvalue weighted by molar-refractivity contribution is -0.605. The SMILES string of the molecule is Cc1ccc(S(=O)(=O)N(O)c2cc[n+]([O-])cc2)cc1. The van der Waals surface area contributed by atoms with Gasteiger partial charge in [-0.1, -0.05) is 17.7 Å². The van der Waals surface area contributed by atoms with E-state index < -0.39 is 10.0 Å². The molecule has 0 spiro atoms. The molecule has 100 valence electrons. The number of benzene rings is 1. The largest absolute Gasteiger partial charge is 0.619 e. The number of pyridine rings is 1. The Bertz CT molecular complexity index is 666. The van der Waals surface area contributed by atoms with Crippen molar-refractivity contribution >= 4 is 15.7 Å². The highest BCUT2D eigenvalue weighted by Crippen LogP contribution is 2.20. The maximum absolute atomic E-state index is 12.1. The van der Waals surface area contributed by atoms with Gasteiger partial charge in [0.15, 0.2) is 12.4 Å². The molecule has 0 aliphatic rings. The lowest BCUT2D eigenvalue weighted by Crippen LogP contribution is -2.29. The highest BCUT2D eigenvalue weighted by molar-refractivity contribution is 7.92. The third-order valence-corrected chi connectivity index (χ3v) is 4.09. The quantitative estimate of drug-likeness (QED) is 0.520. The standard InChI is InChI=1S/C12H12N2O4S/c1-10-2-4-12(5-3-10)19(17,18)14(16)11-6-8-13(15)9-7-11/h2-9,16H,1H3. The van der Waals surface area contributed by atoms with Crippen LogP contribution in [0.5, 0.6) is 0 Å². The minimum absolute atomic E-state index is 0.00678. The van der Waals surface area contributed by atoms with Crippen molar-refractivity contribution in [3.05, 3.63) is 59.6 Å². The van der Waals surface area contributed by atoms with Crippen LogP contribution >= 0.6 is 0 Å². The van der Waals surface area contributed by atoms with Crippen LogP contribution in [-0.4, -0.2) is 13.6 Å². The molecule has 0 atom stereocenters. The average Bonchev–Trinajstić information content (AvgIpc) is 2.39. The van der Waals surface area contributed by atoms with Gasteiger partial charge >= 0.3 is 0 Å². The Morgan fingerprint density at radius 3 is 2.16 bits per heavy atom. The second-order valence-electron chi connectivity index (χ2n) is 3.98. The molecule has 1 aromatic heterocycles. The summed E-state index contributed by atoms with van der Waals surface area (Å²) in [6.07, 6.45) is 2.20. The minimum Gasteiger partial charge on any atom is -0.619 e. The third-order valence-electron chi connectivity index (χ3n) is 2.55. The zero-order chi connectivity index (χ0) is 14.0. The Balaban J connectivity index is 2.39. The molecule has 7 heteroatoms. The number of aryl methyl sites for hydroxylation is 1. The molecular weight excluding hydrogens is 268 g/mol. The second-order valence-corrected chi connectivity index (χ2v) is 5.74. The predicted octanol–water partition coefficient (Wildman–Crippen LogP) is 1.21. The summed E-state index contributed by atoms with van der Waals surface area (Å²) in [5.41, 5.74) is 0.906. The van der Waals surface area contributed by atoms with E-state index in [4.69, 9.17) is 0 Å². The van der Waals surface area contributed by atoms with Gasteiger partial charge in [-0.25, -0.2) is 0 Å². The second kappa shape index (κ2) is 4.87. The maximum atomic E-state index is 12.1. The molecule has 0 aliphatic carbocycles. The van der Waals surface area contributed by atoms with Crippen LogP contribution in [0.15, 0.2) is 53.7 Å². The van der Waals surface area contributed by atoms with Crippen LogP contribution in [0, 0.1) is 12.1 Å². The molecule has 2 aromatic rings. The first-order valence-electron chi connectivity index (χ1n) is 5.41. The lowest BCUT2D eigenvalue weighted by Gasteiger charge is -2.16. The summed E-state index contributed by atoms with van der Waals surface area (Å²) in [5.74, 6) is 0. The summed E-state index contributed by atoms with van der Waals surface area (Å²) in [6.45, 7) is 1.83. The van der Waals surface area contributed by atoms with Gasteiger partial charge in [0, 0.05) is 12.1 Å². The van der Waals surface area contributed by atoms with E-state index in [0.717, 1.165) is 18.0 Å². The van der Waals surface area contributed by atoms with Crippen LogP contribution in [0.3, 0.4) is 0 Å². The molecule has 0 amide bonds. The third kappa shape index (κ3) is 2.67. The molecule has 1 heterocycles. The molecule has 1 aromatic carbocycles. The summed E-state index contributed by atoms with van der Waals surface area (Å²) < 4.78 is 24.9. The molecule has 0 fully saturated rings. The van der Waals surface area contributed by atoms with E-state index in [-0.39, 0.29) is 15.1 Å². The van der Waals surface area contributed by atoms with Crippen molar-refractivity contribution in [3.8, 4) is 0 Å². The number of aromatic nitrogens is 1. The molecule has 0 aliphatic heterocycles. The Labute approximate surface area is 110 Å². The summed E-state index contributed by atoms with van der Waals surface area (Å²) in [7, 11) is -4.04. The van der Waals surface area contributed by atoms with Crippen molar-refractivity contribution in [2.24, 2.45) is 0 Å². The Hall–Kier alpha value is -2.12. The molecule has 1 N–H and O–H groups in total. The van der Waals surface area contributed by atoms with Gasteiger partial charge in [0.1, 0.15) is 0 Å². The highest BCUT2D eigenvalue weighted by atomic mass is 32.2. The monoisotopic (exact) mass is 280 g/mol. The van der Waals surface area contributed by atoms with E-state index in [0.29, 0.717) is 4.73 Å². The highest BCUT2D eigenvalue weighted by Gasteiger charge is 2.23. The molecule has 19 heavy (non-hydrogen) atoms. The molecule has 0 unspecified atom stereocenters. The van der Waals surface area contributed by atoms with Gasteiger partial charge in [0.2, 0.25) is 0 Å². The van der Waals surface area contributed by atoms with E-state index in [1.807, 2.05) is 6.92 Å². The Morgan fingerprint density at radius 1 is 1.11 bits per heavy atom. The summed E-state index contributed by atoms with van der Waals surface area (Å²) >= 11 is 0. The first-order chi connectivity index (χ1) is 8.91. The van der Waals surface area contributed by atoms with E-state index in [9.17, 15) is 18.8 Å². The smallest absolute Gasteiger partial charge is 0.286 e. The fraction of sp³-hybridized carbons (Fsp3) is 0.0833. The fourth-order valence-electron chi connectivity index (χ4n) is 1.48. The molecule has 0 bridgehead atoms. The van der Waals surface area contributed by atoms with Gasteiger partial charge in [0.25, 0.3) is 10.0 Å². The van der Waals surface area contributed by atoms with E-state index in [2.05, 4.69) is 0 Å². The molecule has 2 rings (SSSR count). The van der Waals surface area contributed by atoms with Crippen LogP contribution in [-0.2, 0) is 10.0 Å². The van der Waals surface area contributed by atoms with Crippen LogP contribution in [0.25, 0.3) is 0 Å². The number of sulfonamides is 1. The topological polar surface area (TPSA) is 84.5 Å². The predicted molar refractivity (Wildman–Crippen MR) is 68.0 cm³/mol. The maximum Gasteiger partial charge on any atom is 0.286 e. The number of hydrogen-bond acceptors (Lipinski definition) is 4. The molecule has 0 radical (unpaired) electrons. The van der Waals surface area contributed by atoms with Gasteiger partial charge in [-0.2, -0.15) is 13.1 Å². The van der Waals surface area contributed by atoms with Crippen molar-refractivity contribution in [2.75, 3.05) is 4.47 Å². The first-order valence-corrected chi connectivity index (χ1v) is 6.85. The van der Waals surface area contributed by atoms with Crippen molar-refractivity contribution in [3.63, 3.8) is 0 Å². The zero-order valence-electron chi connectivity index (χ0n) is 10.1. The number of nitrogens with zero attached hydrogens (tertiary/aromatic N) is 2. The molecule has 0 saturated carbocycles. The fourth-order valence-corrected chi connectivity index (χ4v) is 2.56. The van der Waals surface area contributed by atoms with Gasteiger partial charge in [0.05, 0.1) is 10.6 Å². The summed E-state index contributed by atoms with van der Waals surface area (Å²) in [4.78, 5) is -0.0283. The molecule has 6 nitrogen and oxygen atoms in total. The van der Waals surface area contributed by atoms with Gasteiger partial charge in [-0.05, 0) is 19.1 Å². The van der Waals surface area contributed by atoms with Gasteiger partial charge in [-0.3, -0.25) is 5.21 Å². The van der Waals surface area contributed by atoms with E-state index in [1.54, 1.807) is 12.1 Å². The molecule has 0 saturated heterocycles. The minimum atomic E-state index is -4.04.